The van der Waals surface area contributed by atoms with E-state index in [4.69, 9.17) is 17.3 Å². The molecule has 111 heavy (non-hydrogen) atoms. The van der Waals surface area contributed by atoms with E-state index in [2.05, 4.69) is 68.1 Å². The number of halogens is 1. The molecule has 3 aromatic carbocycles. The van der Waals surface area contributed by atoms with Gasteiger partial charge in [-0.15, -0.1) is 0 Å². The van der Waals surface area contributed by atoms with Crippen molar-refractivity contribution in [3.63, 3.8) is 0 Å². The summed E-state index contributed by atoms with van der Waals surface area (Å²) in [5.74, 6) is -9.20. The van der Waals surface area contributed by atoms with E-state index in [0.29, 0.717) is 47.5 Å². The number of unbranched alkanes of at least 4 members (excludes halogenated alkanes) is 3. The minimum atomic E-state index is -1.71. The van der Waals surface area contributed by atoms with Crippen LogP contribution < -0.4 is 63.8 Å². The Kier molecular flexibility index (Phi) is 35.7. The van der Waals surface area contributed by atoms with Crippen molar-refractivity contribution in [2.45, 2.75) is 191 Å². The molecule has 1 aliphatic heterocycles. The van der Waals surface area contributed by atoms with Crippen molar-refractivity contribution in [3.8, 4) is 0 Å². The third-order valence-electron chi connectivity index (χ3n) is 18.7. The zero-order valence-electron chi connectivity index (χ0n) is 63.5. The summed E-state index contributed by atoms with van der Waals surface area (Å²) in [5.41, 5.74) is 8.82. The zero-order valence-corrected chi connectivity index (χ0v) is 64.2. The quantitative estimate of drug-likeness (QED) is 0.0239. The number of likely N-dealkylation sites (tertiary alicyclic amines) is 1. The average molecular weight is 1550 g/mol. The summed E-state index contributed by atoms with van der Waals surface area (Å²) in [6.07, 6.45) is 10.9. The molecule has 6 aromatic rings. The number of rotatable bonds is 45. The molecule has 14 N–H and O–H groups in total. The summed E-state index contributed by atoms with van der Waals surface area (Å²) in [6, 6.07) is 18.1. The Morgan fingerprint density at radius 1 is 0.559 bits per heavy atom. The molecule has 4 heterocycles. The lowest BCUT2D eigenvalue weighted by Crippen LogP contribution is -2.60. The molecule has 9 atom stereocenters. The highest BCUT2D eigenvalue weighted by molar-refractivity contribution is 6.30. The molecule has 11 amide bonds. The second-order valence-corrected chi connectivity index (χ2v) is 28.8. The van der Waals surface area contributed by atoms with E-state index < -0.39 is 138 Å². The van der Waals surface area contributed by atoms with Gasteiger partial charge in [-0.3, -0.25) is 72.5 Å². The van der Waals surface area contributed by atoms with Crippen LogP contribution in [-0.4, -0.2) is 201 Å². The molecule has 0 saturated carbocycles. The van der Waals surface area contributed by atoms with E-state index in [-0.39, 0.29) is 114 Å². The zero-order chi connectivity index (χ0) is 80.4. The molecule has 0 spiro atoms. The minimum absolute atomic E-state index is 0.0327. The molecule has 31 heteroatoms. The van der Waals surface area contributed by atoms with Gasteiger partial charge in [-0.2, -0.15) is 0 Å². The van der Waals surface area contributed by atoms with E-state index in [1.165, 1.54) is 53.9 Å². The first kappa shape index (κ1) is 87.4. The van der Waals surface area contributed by atoms with Gasteiger partial charge < -0.3 is 78.9 Å². The van der Waals surface area contributed by atoms with Crippen LogP contribution in [0.25, 0.3) is 10.8 Å². The minimum Gasteiger partial charge on any atom is -0.480 e. The number of aliphatic carboxylic acids is 1. The van der Waals surface area contributed by atoms with Gasteiger partial charge in [-0.1, -0.05) is 93.9 Å². The van der Waals surface area contributed by atoms with Gasteiger partial charge in [-0.25, -0.2) is 0 Å². The van der Waals surface area contributed by atoms with Gasteiger partial charge >= 0.3 is 5.97 Å². The first-order valence-electron chi connectivity index (χ1n) is 37.8. The number of amides is 11. The van der Waals surface area contributed by atoms with Crippen molar-refractivity contribution in [3.05, 3.63) is 168 Å². The van der Waals surface area contributed by atoms with Crippen LogP contribution in [0.3, 0.4) is 0 Å². The van der Waals surface area contributed by atoms with Gasteiger partial charge in [0.1, 0.15) is 48.3 Å². The number of carboxylic acid groups (broad SMARTS) is 1. The van der Waals surface area contributed by atoms with E-state index in [9.17, 15) is 53.4 Å². The van der Waals surface area contributed by atoms with Crippen LogP contribution >= 0.6 is 11.6 Å². The van der Waals surface area contributed by atoms with Crippen LogP contribution in [0.15, 0.2) is 140 Å². The fourth-order valence-corrected chi connectivity index (χ4v) is 12.8. The predicted octanol–water partition coefficient (Wildman–Crippen LogP) is 4.11. The molecule has 30 nitrogen and oxygen atoms in total. The van der Waals surface area contributed by atoms with Gasteiger partial charge in [0.15, 0.2) is 0 Å². The molecule has 0 aliphatic carbocycles. The highest BCUT2D eigenvalue weighted by atomic mass is 35.5. The molecule has 0 bridgehead atoms. The van der Waals surface area contributed by atoms with Crippen molar-refractivity contribution >= 4 is 99.0 Å². The van der Waals surface area contributed by atoms with Gasteiger partial charge in [0.05, 0.1) is 35.7 Å². The second-order valence-electron chi connectivity index (χ2n) is 28.4. The Balaban J connectivity index is 1.11. The molecule has 7 rings (SSSR count). The SMILES string of the molecule is CC(C)C[C@H](NC(=O)[C@@H](CCCCNC(=O)c1cccnc1)NC(=O)[C@H](CCCCNC(=O)c1cccnc1)NC(=O)[C@H](CO)NC(=O)CCN(C(=O)[C@@H](Cc1ccc(Cl)cc1)NC(=O)[C@H](N)Cc1ccc2ccccc2c1)c1cccnc1)C(=O)N[C@@H](CCCCNC(C)C)C(=O)N1CCC[C@H]1C(=O)N[C@H](C)C(=O)O. The first-order valence-corrected chi connectivity index (χ1v) is 38.2. The number of nitrogens with zero attached hydrogens (tertiary/aromatic N) is 5. The lowest BCUT2D eigenvalue weighted by molar-refractivity contribution is -0.144. The normalized spacial score (nSPS) is 14.8. The molecule has 0 unspecified atom stereocenters. The van der Waals surface area contributed by atoms with Crippen molar-refractivity contribution in [2.24, 2.45) is 11.7 Å². The molecular weight excluding hydrogens is 1440 g/mol. The number of anilines is 1. The Morgan fingerprint density at radius 2 is 1.09 bits per heavy atom. The number of hydrogen-bond acceptors (Lipinski definition) is 18. The Labute approximate surface area is 651 Å². The summed E-state index contributed by atoms with van der Waals surface area (Å²) >= 11 is 6.25. The molecule has 1 saturated heterocycles. The standard InChI is InChI=1S/C80H105ClN16O14/c1-50(2)42-65(75(105)93-64(25-10-11-37-86-51(3)4)78(108)97-40-17-26-68(97)77(107)89-52(5)80(110)111)94-74(104)63(24-9-13-39-88-71(101)58-21-15-35-84-47-58)91-73(103)62(23-8-12-38-87-70(100)57-20-14-34-83-46-57)92-76(106)67(49-98)90-69(99)33-41-96(60-22-16-36-85-48-60)79(109)66(45-53-28-31-59(81)32-29-53)95-72(102)61(82)44-54-27-30-55-18-6-7-19-56(55)43-54/h6-7,14-16,18-22,27-32,34-36,43,46-48,50-52,61-68,86,98H,8-13,17,23-26,33,37-42,44-45,49,82H2,1-5H3,(H,87,100)(H,88,101)(H,89,107)(H,90,99)(H,91,103)(H,92,106)(H,93,105)(H,94,104)(H,95,102)(H,110,111)/t52-,61-,62+,63-,64+,65+,66-,67+,68+/m1/s1. The van der Waals surface area contributed by atoms with Crippen LogP contribution in [0, 0.1) is 5.92 Å². The van der Waals surface area contributed by atoms with Crippen molar-refractivity contribution in [1.29, 1.82) is 0 Å². The maximum absolute atomic E-state index is 15.0. The highest BCUT2D eigenvalue weighted by Crippen LogP contribution is 2.23. The summed E-state index contributed by atoms with van der Waals surface area (Å²) in [5, 5.41) is 50.7. The van der Waals surface area contributed by atoms with Crippen LogP contribution in [0.1, 0.15) is 150 Å². The number of benzene rings is 3. The molecular formula is C80H105ClN16O14. The molecule has 1 fully saturated rings. The van der Waals surface area contributed by atoms with Crippen molar-refractivity contribution in [1.82, 2.24) is 73.0 Å². The van der Waals surface area contributed by atoms with Crippen molar-refractivity contribution < 1.29 is 67.7 Å². The van der Waals surface area contributed by atoms with Crippen LogP contribution in [0.4, 0.5) is 5.69 Å². The number of nitrogens with two attached hydrogens (primary N) is 1. The summed E-state index contributed by atoms with van der Waals surface area (Å²) in [4.78, 5) is 183. The number of carboxylic acids is 1. The Hall–Kier alpha value is -10.8. The van der Waals surface area contributed by atoms with Crippen LogP contribution in [0.2, 0.25) is 5.02 Å². The lowest BCUT2D eigenvalue weighted by atomic mass is 10.00. The maximum atomic E-state index is 15.0. The molecule has 596 valence electrons. The van der Waals surface area contributed by atoms with E-state index in [1.54, 1.807) is 60.7 Å². The fourth-order valence-electron chi connectivity index (χ4n) is 12.7. The molecule has 1 aliphatic rings. The summed E-state index contributed by atoms with van der Waals surface area (Å²) in [6.45, 7) is 8.56. The largest absolute Gasteiger partial charge is 0.480 e. The number of hydrogen-bond donors (Lipinski definition) is 13. The average Bonchev–Trinajstić information content (AvgIpc) is 1.81. The Bertz CT molecular complexity index is 4070. The van der Waals surface area contributed by atoms with Gasteiger partial charge in [0.2, 0.25) is 53.2 Å². The summed E-state index contributed by atoms with van der Waals surface area (Å²) in [7, 11) is 0. The van der Waals surface area contributed by atoms with Gasteiger partial charge in [0.25, 0.3) is 11.8 Å². The first-order chi connectivity index (χ1) is 53.3. The smallest absolute Gasteiger partial charge is 0.325 e. The fraction of sp³-hybridized carbons (Fsp3) is 0.463. The third-order valence-corrected chi connectivity index (χ3v) is 19.0. The van der Waals surface area contributed by atoms with Crippen LogP contribution in [0.5, 0.6) is 0 Å². The predicted molar refractivity (Wildman–Crippen MR) is 418 cm³/mol. The van der Waals surface area contributed by atoms with E-state index in [1.807, 2.05) is 70.2 Å². The van der Waals surface area contributed by atoms with Crippen LogP contribution in [-0.2, 0) is 60.8 Å². The number of aliphatic hydroxyl groups excluding tert-OH is 1. The highest BCUT2D eigenvalue weighted by Gasteiger charge is 2.40. The number of aromatic nitrogens is 3. The second kappa shape index (κ2) is 45.4. The number of carbonyl (C=O) groups excluding carboxylic acids is 11. The molecule has 3 aromatic heterocycles. The number of fused-ring (bicyclic) bond motifs is 1. The lowest BCUT2D eigenvalue weighted by Gasteiger charge is -2.31. The Morgan fingerprint density at radius 3 is 1.65 bits per heavy atom. The third kappa shape index (κ3) is 28.9. The van der Waals surface area contributed by atoms with E-state index in [0.717, 1.165) is 16.3 Å². The maximum Gasteiger partial charge on any atom is 0.325 e. The number of nitrogens with one attached hydrogen (secondary N) is 10. The monoisotopic (exact) mass is 1550 g/mol. The number of aliphatic hydroxyl groups is 1. The topological polar surface area (TPSA) is 437 Å². The van der Waals surface area contributed by atoms with Crippen molar-refractivity contribution in [2.75, 3.05) is 44.2 Å². The van der Waals surface area contributed by atoms with Gasteiger partial charge in [0, 0.05) is 81.1 Å². The number of carbonyl (C=O) groups is 12. The van der Waals surface area contributed by atoms with E-state index >= 15 is 14.4 Å². The number of pyridine rings is 3. The molecule has 0 radical (unpaired) electrons. The summed E-state index contributed by atoms with van der Waals surface area (Å²) < 4.78 is 0. The van der Waals surface area contributed by atoms with Gasteiger partial charge in [-0.05, 0) is 173 Å².